The van der Waals surface area contributed by atoms with Crippen LogP contribution < -0.4 is 14.7 Å². The molecule has 21 heavy (non-hydrogen) atoms. The Morgan fingerprint density at radius 2 is 1.10 bits per heavy atom. The molecule has 0 aliphatic heterocycles. The van der Waals surface area contributed by atoms with E-state index < -0.39 is 58.4 Å². The average molecular weight is 366 g/mol. The van der Waals surface area contributed by atoms with Gasteiger partial charge in [-0.3, -0.25) is 0 Å². The van der Waals surface area contributed by atoms with Crippen molar-refractivity contribution in [2.75, 3.05) is 0 Å². The highest BCUT2D eigenvalue weighted by atomic mass is 31.1. The van der Waals surface area contributed by atoms with Crippen LogP contribution in [0.4, 0.5) is 0 Å². The summed E-state index contributed by atoms with van der Waals surface area (Å²) in [4.78, 5) is 33.0. The first-order valence-electron chi connectivity index (χ1n) is 4.95. The largest absolute Gasteiger partial charge is 0.593 e. The molecule has 0 amide bonds. The molecular formula is C6H9O12P3. The number of aliphatic hydroxyl groups excluding tert-OH is 3. The zero-order valence-corrected chi connectivity index (χ0v) is 12.4. The minimum Gasteiger partial charge on any atom is -0.593 e. The van der Waals surface area contributed by atoms with Gasteiger partial charge in [0.15, 0.2) is 12.2 Å². The van der Waals surface area contributed by atoms with Crippen molar-refractivity contribution in [3.8, 4) is 0 Å². The van der Waals surface area contributed by atoms with Gasteiger partial charge in [-0.05, 0) is 0 Å². The van der Waals surface area contributed by atoms with Crippen LogP contribution >= 0.6 is 24.1 Å². The quantitative estimate of drug-likeness (QED) is 0.256. The van der Waals surface area contributed by atoms with Crippen molar-refractivity contribution in [2.45, 2.75) is 34.3 Å². The van der Waals surface area contributed by atoms with Crippen molar-refractivity contribution in [1.29, 1.82) is 0 Å². The Kier molecular flexibility index (Phi) is 5.01. The molecule has 0 radical (unpaired) electrons. The molecule has 3 unspecified atom stereocenters. The third-order valence-electron chi connectivity index (χ3n) is 3.32. The molecule has 120 valence electrons. The minimum absolute atomic E-state index is 3.03. The Labute approximate surface area is 118 Å². The lowest BCUT2D eigenvalue weighted by atomic mass is 9.83. The molecule has 12 nitrogen and oxygen atoms in total. The van der Waals surface area contributed by atoms with Crippen LogP contribution in [0.15, 0.2) is 0 Å². The zero-order valence-electron chi connectivity index (χ0n) is 9.71. The van der Waals surface area contributed by atoms with Crippen molar-refractivity contribution < 1.29 is 59.0 Å². The SMILES string of the molecule is O=[P+]([O-])[C@]1(O)[C@H](O)[C@H](O)[C@](O)([P+](=O)[O-])[C@](O)([P+](=O)[O-])[C@H]1O. The molecule has 9 atom stereocenters. The molecule has 0 aromatic heterocycles. The third kappa shape index (κ3) is 2.13. The van der Waals surface area contributed by atoms with Crippen LogP contribution in [0.1, 0.15) is 0 Å². The van der Waals surface area contributed by atoms with Crippen LogP contribution in [0.25, 0.3) is 0 Å². The number of hydrogen-bond donors (Lipinski definition) is 6. The number of rotatable bonds is 3. The van der Waals surface area contributed by atoms with Gasteiger partial charge in [0.1, 0.15) is 0 Å². The van der Waals surface area contributed by atoms with Crippen LogP contribution in [0.2, 0.25) is 0 Å². The van der Waals surface area contributed by atoms with Gasteiger partial charge < -0.3 is 45.3 Å². The first kappa shape index (κ1) is 19.0. The molecule has 0 heterocycles. The van der Waals surface area contributed by atoms with E-state index in [0.29, 0.717) is 0 Å². The van der Waals surface area contributed by atoms with Crippen LogP contribution in [-0.4, -0.2) is 65.0 Å². The maximum atomic E-state index is 11.1. The average Bonchev–Trinajstić information content (AvgIpc) is 2.39. The van der Waals surface area contributed by atoms with Crippen LogP contribution in [0.5, 0.6) is 0 Å². The van der Waals surface area contributed by atoms with Gasteiger partial charge in [0.25, 0.3) is 0 Å². The summed E-state index contributed by atoms with van der Waals surface area (Å²) in [7, 11) is -13.2. The molecule has 1 saturated carbocycles. The van der Waals surface area contributed by atoms with E-state index in [9.17, 15) is 59.0 Å². The Morgan fingerprint density at radius 3 is 1.38 bits per heavy atom. The molecule has 0 bridgehead atoms. The molecule has 0 aromatic rings. The van der Waals surface area contributed by atoms with Gasteiger partial charge in [-0.15, -0.1) is 0 Å². The van der Waals surface area contributed by atoms with E-state index in [1.165, 1.54) is 0 Å². The fourth-order valence-corrected chi connectivity index (χ4v) is 4.89. The molecule has 1 fully saturated rings. The predicted molar refractivity (Wildman–Crippen MR) is 55.7 cm³/mol. The Bertz CT molecular complexity index is 511. The maximum Gasteiger partial charge on any atom is 0.370 e. The molecule has 0 saturated heterocycles. The van der Waals surface area contributed by atoms with E-state index in [1.807, 2.05) is 0 Å². The second-order valence-electron chi connectivity index (χ2n) is 4.30. The van der Waals surface area contributed by atoms with Gasteiger partial charge >= 0.3 is 40.1 Å². The lowest BCUT2D eigenvalue weighted by molar-refractivity contribution is -0.306. The van der Waals surface area contributed by atoms with E-state index >= 15 is 0 Å². The van der Waals surface area contributed by atoms with Crippen molar-refractivity contribution in [1.82, 2.24) is 0 Å². The summed E-state index contributed by atoms with van der Waals surface area (Å²) in [5.74, 6) is 0. The lowest BCUT2D eigenvalue weighted by Gasteiger charge is -2.46. The van der Waals surface area contributed by atoms with Gasteiger partial charge in [0.05, 0.1) is 0 Å². The van der Waals surface area contributed by atoms with E-state index in [2.05, 4.69) is 0 Å². The Morgan fingerprint density at radius 1 is 0.714 bits per heavy atom. The lowest BCUT2D eigenvalue weighted by Crippen LogP contribution is -2.79. The molecule has 6 N–H and O–H groups in total. The molecule has 0 aromatic carbocycles. The Balaban J connectivity index is 3.74. The molecule has 1 aliphatic rings. The van der Waals surface area contributed by atoms with Crippen molar-refractivity contribution in [3.05, 3.63) is 0 Å². The Hall–Kier alpha value is -0.0600. The summed E-state index contributed by atoms with van der Waals surface area (Å²) in [6, 6.07) is 0. The van der Waals surface area contributed by atoms with E-state index in [0.717, 1.165) is 0 Å². The van der Waals surface area contributed by atoms with E-state index in [1.54, 1.807) is 0 Å². The normalized spacial score (nSPS) is 49.6. The summed E-state index contributed by atoms with van der Waals surface area (Å²) >= 11 is 0. The van der Waals surface area contributed by atoms with Crippen LogP contribution in [0.3, 0.4) is 0 Å². The van der Waals surface area contributed by atoms with E-state index in [4.69, 9.17) is 0 Å². The van der Waals surface area contributed by atoms with Gasteiger partial charge in [-0.1, -0.05) is 13.7 Å². The van der Waals surface area contributed by atoms with Gasteiger partial charge in [0, 0.05) is 0 Å². The third-order valence-corrected chi connectivity index (χ3v) is 6.90. The summed E-state index contributed by atoms with van der Waals surface area (Å²) in [6.07, 6.45) is -9.57. The molecule has 0 spiro atoms. The van der Waals surface area contributed by atoms with E-state index in [-0.39, 0.29) is 0 Å². The highest BCUT2D eigenvalue weighted by Crippen LogP contribution is 2.61. The van der Waals surface area contributed by atoms with Crippen molar-refractivity contribution in [3.63, 3.8) is 0 Å². The second kappa shape index (κ2) is 5.54. The van der Waals surface area contributed by atoms with Gasteiger partial charge in [-0.25, -0.2) is 0 Å². The van der Waals surface area contributed by atoms with Crippen molar-refractivity contribution >= 4 is 24.1 Å². The molecule has 1 rings (SSSR count). The summed E-state index contributed by atoms with van der Waals surface area (Å²) in [5.41, 5.74) is 0. The fourth-order valence-electron chi connectivity index (χ4n) is 2.01. The summed E-state index contributed by atoms with van der Waals surface area (Å²) in [6.45, 7) is 0. The monoisotopic (exact) mass is 366 g/mol. The maximum absolute atomic E-state index is 11.1. The van der Waals surface area contributed by atoms with Crippen molar-refractivity contribution in [2.24, 2.45) is 0 Å². The fraction of sp³-hybridized carbons (Fsp3) is 1.00. The molecular weight excluding hydrogens is 357 g/mol. The summed E-state index contributed by atoms with van der Waals surface area (Å²) in [5, 5.41) is 45.7. The highest BCUT2D eigenvalue weighted by molar-refractivity contribution is 7.44. The molecule has 1 aliphatic carbocycles. The minimum atomic E-state index is -4.52. The highest BCUT2D eigenvalue weighted by Gasteiger charge is 2.88. The predicted octanol–water partition coefficient (Wildman–Crippen LogP) is -5.54. The van der Waals surface area contributed by atoms with Gasteiger partial charge in [-0.2, -0.15) is 0 Å². The molecule has 15 heteroatoms. The first-order valence-corrected chi connectivity index (χ1v) is 8.48. The zero-order chi connectivity index (χ0) is 17.0. The van der Waals surface area contributed by atoms with Gasteiger partial charge in [0.2, 0.25) is 6.10 Å². The number of aliphatic hydroxyl groups is 6. The summed E-state index contributed by atoms with van der Waals surface area (Å²) < 4.78 is 33.0. The first-order chi connectivity index (χ1) is 9.30. The topological polar surface area (TPSA) is 242 Å². The second-order valence-corrected chi connectivity index (χ2v) is 7.92. The standard InChI is InChI=1S/C6H9O12P3/c7-1-2(8)5(11,20(15)16)6(12,21(17)18)3(9)4(1,10)19(13)14/h1-3,7-12H/t1-,2+,3+,4-,5+,6-/m1/s1. The number of hydrogen-bond acceptors (Lipinski definition) is 12. The smallest absolute Gasteiger partial charge is 0.370 e. The van der Waals surface area contributed by atoms with Crippen LogP contribution in [0, 0.1) is 0 Å². The van der Waals surface area contributed by atoms with Crippen LogP contribution in [-0.2, 0) is 13.7 Å².